The molecule has 0 radical (unpaired) electrons. The van der Waals surface area contributed by atoms with Crippen molar-refractivity contribution in [3.05, 3.63) is 0 Å². The van der Waals surface area contributed by atoms with Gasteiger partial charge in [0.2, 0.25) is 0 Å². The van der Waals surface area contributed by atoms with Gasteiger partial charge in [-0.3, -0.25) is 0 Å². The first kappa shape index (κ1) is 8.48. The maximum atomic E-state index is 13.4. The predicted molar refractivity (Wildman–Crippen MR) is 38.5 cm³/mol. The van der Waals surface area contributed by atoms with Crippen molar-refractivity contribution in [1.29, 1.82) is 5.26 Å². The van der Waals surface area contributed by atoms with Crippen LogP contribution in [0.4, 0.5) is 4.39 Å². The summed E-state index contributed by atoms with van der Waals surface area (Å²) in [6.45, 7) is 1.30. The number of nitrogens with zero attached hydrogens (tertiary/aromatic N) is 1. The Morgan fingerprint density at radius 2 is 2.00 bits per heavy atom. The fourth-order valence-corrected chi connectivity index (χ4v) is 1.48. The molecule has 1 rings (SSSR count). The summed E-state index contributed by atoms with van der Waals surface area (Å²) in [5, 5.41) is 18.0. The van der Waals surface area contributed by atoms with E-state index in [0.29, 0.717) is 0 Å². The molecule has 1 saturated carbocycles. The highest BCUT2D eigenvalue weighted by molar-refractivity contribution is 5.13. The number of nitriles is 1. The fraction of sp³-hybridized carbons (Fsp3) is 0.875. The molecule has 0 bridgehead atoms. The molecule has 11 heavy (non-hydrogen) atoms. The number of rotatable bonds is 0. The molecular formula is C8H12FNO. The van der Waals surface area contributed by atoms with Gasteiger partial charge < -0.3 is 5.11 Å². The Kier molecular flexibility index (Phi) is 1.89. The minimum Gasteiger partial charge on any atom is -0.372 e. The number of hydrogen-bond acceptors (Lipinski definition) is 2. The zero-order chi connectivity index (χ0) is 8.54. The van der Waals surface area contributed by atoms with Gasteiger partial charge >= 0.3 is 0 Å². The quantitative estimate of drug-likeness (QED) is 0.542. The van der Waals surface area contributed by atoms with E-state index in [9.17, 15) is 9.50 Å². The van der Waals surface area contributed by atoms with Crippen LogP contribution >= 0.6 is 0 Å². The number of aliphatic hydroxyl groups is 1. The largest absolute Gasteiger partial charge is 0.372 e. The second-order valence-electron chi connectivity index (χ2n) is 3.38. The molecule has 2 unspecified atom stereocenters. The molecule has 0 amide bonds. The Morgan fingerprint density at radius 3 is 2.36 bits per heavy atom. The zero-order valence-corrected chi connectivity index (χ0v) is 6.60. The molecule has 3 heteroatoms. The fourth-order valence-electron chi connectivity index (χ4n) is 1.48. The van der Waals surface area contributed by atoms with E-state index in [1.807, 2.05) is 0 Å². The van der Waals surface area contributed by atoms with Crippen LogP contribution in [0.25, 0.3) is 0 Å². The lowest BCUT2D eigenvalue weighted by atomic mass is 9.75. The summed E-state index contributed by atoms with van der Waals surface area (Å²) in [6.07, 6.45) is 2.05. The van der Waals surface area contributed by atoms with Crippen molar-refractivity contribution in [2.45, 2.75) is 43.9 Å². The average Bonchev–Trinajstić information content (AvgIpc) is 1.95. The van der Waals surface area contributed by atoms with Crippen LogP contribution in [0.5, 0.6) is 0 Å². The lowest BCUT2D eigenvalue weighted by Gasteiger charge is -2.37. The molecule has 0 aromatic heterocycles. The van der Waals surface area contributed by atoms with E-state index in [0.717, 1.165) is 12.8 Å². The maximum absolute atomic E-state index is 13.4. The normalized spacial score (nSPS) is 44.9. The summed E-state index contributed by atoms with van der Waals surface area (Å²) < 4.78 is 13.4. The highest BCUT2D eigenvalue weighted by Gasteiger charge is 2.49. The van der Waals surface area contributed by atoms with Gasteiger partial charge in [0.1, 0.15) is 11.7 Å². The number of hydrogen-bond donors (Lipinski definition) is 1. The summed E-state index contributed by atoms with van der Waals surface area (Å²) in [6, 6.07) is 1.65. The van der Waals surface area contributed by atoms with Crippen molar-refractivity contribution in [3.8, 4) is 6.07 Å². The van der Waals surface area contributed by atoms with Gasteiger partial charge in [-0.1, -0.05) is 0 Å². The minimum atomic E-state index is -1.74. The van der Waals surface area contributed by atoms with Crippen molar-refractivity contribution in [1.82, 2.24) is 0 Å². The van der Waals surface area contributed by atoms with E-state index in [1.54, 1.807) is 6.07 Å². The first-order valence-electron chi connectivity index (χ1n) is 3.84. The number of alkyl halides is 1. The molecule has 2 atom stereocenters. The van der Waals surface area contributed by atoms with Gasteiger partial charge in [-0.05, 0) is 32.6 Å². The third kappa shape index (κ3) is 1.23. The molecule has 0 aromatic rings. The monoisotopic (exact) mass is 157 g/mol. The Labute approximate surface area is 65.6 Å². The van der Waals surface area contributed by atoms with Crippen LogP contribution in [0.3, 0.4) is 0 Å². The lowest BCUT2D eigenvalue weighted by Crippen LogP contribution is -2.50. The van der Waals surface area contributed by atoms with Crippen LogP contribution in [0.1, 0.15) is 32.6 Å². The van der Waals surface area contributed by atoms with E-state index in [1.165, 1.54) is 6.92 Å². The van der Waals surface area contributed by atoms with Gasteiger partial charge in [0.05, 0.1) is 0 Å². The maximum Gasteiger partial charge on any atom is 0.184 e. The summed E-state index contributed by atoms with van der Waals surface area (Å²) in [7, 11) is 0. The van der Waals surface area contributed by atoms with E-state index >= 15 is 0 Å². The molecular weight excluding hydrogens is 145 g/mol. The second-order valence-corrected chi connectivity index (χ2v) is 3.38. The van der Waals surface area contributed by atoms with E-state index in [-0.39, 0.29) is 12.8 Å². The van der Waals surface area contributed by atoms with Crippen LogP contribution in [-0.2, 0) is 0 Å². The Balaban J connectivity index is 2.85. The summed E-state index contributed by atoms with van der Waals surface area (Å²) in [5.74, 6) is 0. The van der Waals surface area contributed by atoms with Crippen molar-refractivity contribution in [3.63, 3.8) is 0 Å². The third-order valence-corrected chi connectivity index (χ3v) is 2.48. The van der Waals surface area contributed by atoms with Gasteiger partial charge in [0, 0.05) is 0 Å². The smallest absolute Gasteiger partial charge is 0.184 e. The summed E-state index contributed by atoms with van der Waals surface area (Å²) in [4.78, 5) is 0. The Bertz CT molecular complexity index is 197. The molecule has 0 aliphatic heterocycles. The van der Waals surface area contributed by atoms with Crippen LogP contribution in [0.2, 0.25) is 0 Å². The molecule has 1 aliphatic rings. The molecule has 1 N–H and O–H groups in total. The molecule has 0 saturated heterocycles. The number of halogens is 1. The van der Waals surface area contributed by atoms with Crippen molar-refractivity contribution < 1.29 is 9.50 Å². The first-order valence-corrected chi connectivity index (χ1v) is 3.84. The predicted octanol–water partition coefficient (Wildman–Crippen LogP) is 1.54. The van der Waals surface area contributed by atoms with E-state index < -0.39 is 11.3 Å². The topological polar surface area (TPSA) is 44.0 Å². The highest BCUT2D eigenvalue weighted by atomic mass is 19.1. The molecule has 1 fully saturated rings. The molecule has 2 nitrogen and oxygen atoms in total. The van der Waals surface area contributed by atoms with E-state index in [2.05, 4.69) is 0 Å². The van der Waals surface area contributed by atoms with Gasteiger partial charge in [-0.2, -0.15) is 5.26 Å². The zero-order valence-electron chi connectivity index (χ0n) is 6.60. The molecule has 62 valence electrons. The van der Waals surface area contributed by atoms with Gasteiger partial charge in [-0.15, -0.1) is 0 Å². The van der Waals surface area contributed by atoms with Crippen LogP contribution < -0.4 is 0 Å². The summed E-state index contributed by atoms with van der Waals surface area (Å²) in [5.41, 5.74) is -3.47. The SMILES string of the molecule is CC1(F)CCCCC1(O)C#N. The van der Waals surface area contributed by atoms with Crippen LogP contribution in [0, 0.1) is 11.3 Å². The first-order chi connectivity index (χ1) is 5.02. The lowest BCUT2D eigenvalue weighted by molar-refractivity contribution is -0.0804. The molecule has 0 heterocycles. The van der Waals surface area contributed by atoms with Crippen LogP contribution in [-0.4, -0.2) is 16.4 Å². The molecule has 0 aromatic carbocycles. The average molecular weight is 157 g/mol. The summed E-state index contributed by atoms with van der Waals surface area (Å²) >= 11 is 0. The second kappa shape index (κ2) is 2.46. The Hall–Kier alpha value is -0.620. The van der Waals surface area contributed by atoms with Crippen molar-refractivity contribution in [2.24, 2.45) is 0 Å². The minimum absolute atomic E-state index is 0.260. The molecule has 1 aliphatic carbocycles. The Morgan fingerprint density at radius 1 is 1.45 bits per heavy atom. The highest BCUT2D eigenvalue weighted by Crippen LogP contribution is 2.39. The van der Waals surface area contributed by atoms with Gasteiger partial charge in [0.25, 0.3) is 0 Å². The molecule has 0 spiro atoms. The van der Waals surface area contributed by atoms with Crippen molar-refractivity contribution in [2.75, 3.05) is 0 Å². The van der Waals surface area contributed by atoms with E-state index in [4.69, 9.17) is 5.26 Å². The van der Waals surface area contributed by atoms with Crippen LogP contribution in [0.15, 0.2) is 0 Å². The van der Waals surface area contributed by atoms with Gasteiger partial charge in [0.15, 0.2) is 5.60 Å². The standard InChI is InChI=1S/C8H12FNO/c1-7(9)4-2-3-5-8(7,11)6-10/h11H,2-5H2,1H3. The van der Waals surface area contributed by atoms with Gasteiger partial charge in [-0.25, -0.2) is 4.39 Å². The van der Waals surface area contributed by atoms with Crippen molar-refractivity contribution >= 4 is 0 Å². The third-order valence-electron chi connectivity index (χ3n) is 2.48.